The molecule has 0 atom stereocenters. The molecule has 0 saturated heterocycles. The first-order valence-electron chi connectivity index (χ1n) is 9.13. The molecular weight excluding hydrogens is 374 g/mol. The van der Waals surface area contributed by atoms with Crippen LogP contribution in [0.15, 0.2) is 59.6 Å². The second kappa shape index (κ2) is 7.98. The molecule has 1 heterocycles. The lowest BCUT2D eigenvalue weighted by atomic mass is 10.2. The van der Waals surface area contributed by atoms with E-state index in [1.54, 1.807) is 41.4 Å². The van der Waals surface area contributed by atoms with Gasteiger partial charge in [-0.25, -0.2) is 8.42 Å². The monoisotopic (exact) mass is 397 g/mol. The number of anilines is 1. The Morgan fingerprint density at radius 1 is 1.07 bits per heavy atom. The highest BCUT2D eigenvalue weighted by Crippen LogP contribution is 2.24. The van der Waals surface area contributed by atoms with Gasteiger partial charge in [-0.2, -0.15) is 0 Å². The van der Waals surface area contributed by atoms with Gasteiger partial charge in [-0.3, -0.25) is 14.5 Å². The van der Waals surface area contributed by atoms with Crippen molar-refractivity contribution in [2.75, 3.05) is 17.8 Å². The Kier molecular flexibility index (Phi) is 5.65. The fourth-order valence-electron chi connectivity index (χ4n) is 3.08. The molecule has 0 fully saturated rings. The van der Waals surface area contributed by atoms with Crippen molar-refractivity contribution in [3.05, 3.63) is 65.9 Å². The van der Waals surface area contributed by atoms with Gasteiger partial charge in [-0.05, 0) is 56.7 Å². The number of aromatic nitrogens is 1. The van der Waals surface area contributed by atoms with E-state index in [1.807, 2.05) is 32.9 Å². The van der Waals surface area contributed by atoms with E-state index < -0.39 is 10.0 Å². The van der Waals surface area contributed by atoms with Crippen molar-refractivity contribution in [1.29, 1.82) is 0 Å². The number of rotatable bonds is 6. The smallest absolute Gasteiger partial charge is 0.264 e. The summed E-state index contributed by atoms with van der Waals surface area (Å²) in [6, 6.07) is 13.5. The maximum Gasteiger partial charge on any atom is 0.264 e. The van der Waals surface area contributed by atoms with E-state index >= 15 is 0 Å². The highest BCUT2D eigenvalue weighted by Gasteiger charge is 2.20. The predicted molar refractivity (Wildman–Crippen MR) is 111 cm³/mol. The number of nitrogens with zero attached hydrogens (tertiary/aromatic N) is 2. The van der Waals surface area contributed by atoms with Gasteiger partial charge in [-0.15, -0.1) is 0 Å². The lowest BCUT2D eigenvalue weighted by Crippen LogP contribution is -2.30. The van der Waals surface area contributed by atoms with E-state index in [4.69, 9.17) is 0 Å². The number of para-hydroxylation sites is 1. The van der Waals surface area contributed by atoms with Gasteiger partial charge < -0.3 is 4.90 Å². The van der Waals surface area contributed by atoms with E-state index in [-0.39, 0.29) is 10.8 Å². The lowest BCUT2D eigenvalue weighted by Gasteiger charge is -2.19. The summed E-state index contributed by atoms with van der Waals surface area (Å²) in [6.45, 7) is 6.90. The van der Waals surface area contributed by atoms with Crippen molar-refractivity contribution in [2.24, 2.45) is 0 Å². The van der Waals surface area contributed by atoms with Crippen LogP contribution >= 0.6 is 0 Å². The van der Waals surface area contributed by atoms with Crippen LogP contribution in [-0.2, 0) is 10.0 Å². The summed E-state index contributed by atoms with van der Waals surface area (Å²) in [5.74, 6) is -0.131. The lowest BCUT2D eigenvalue weighted by molar-refractivity contribution is 0.0773. The van der Waals surface area contributed by atoms with E-state index in [1.165, 1.54) is 6.07 Å². The minimum atomic E-state index is -3.86. The maximum atomic E-state index is 13.0. The fourth-order valence-corrected chi connectivity index (χ4v) is 4.31. The zero-order valence-corrected chi connectivity index (χ0v) is 17.0. The van der Waals surface area contributed by atoms with Crippen molar-refractivity contribution in [3.63, 3.8) is 0 Å². The maximum absolute atomic E-state index is 13.0. The first-order valence-corrected chi connectivity index (χ1v) is 10.6. The zero-order valence-electron chi connectivity index (χ0n) is 16.1. The number of nitrogens with one attached hydrogen (secondary N) is 1. The van der Waals surface area contributed by atoms with Crippen LogP contribution in [0.4, 0.5) is 5.69 Å². The Morgan fingerprint density at radius 2 is 1.79 bits per heavy atom. The molecule has 1 N–H and O–H groups in total. The second-order valence-corrected chi connectivity index (χ2v) is 8.16. The molecule has 1 aromatic heterocycles. The van der Waals surface area contributed by atoms with Crippen molar-refractivity contribution in [2.45, 2.75) is 25.7 Å². The standard InChI is InChI=1S/C21H23N3O3S/c1-4-24(5-2)21(25)17-9-6-10-18(13-17)23-28(26,27)19-11-7-8-16-12-15(3)14-22-20(16)19/h6-14,23H,4-5H2,1-3H3. The Bertz CT molecular complexity index is 1120. The molecule has 0 aliphatic carbocycles. The summed E-state index contributed by atoms with van der Waals surface area (Å²) in [4.78, 5) is 18.6. The van der Waals surface area contributed by atoms with Crippen LogP contribution in [0.5, 0.6) is 0 Å². The van der Waals surface area contributed by atoms with Crippen LogP contribution in [0.25, 0.3) is 10.9 Å². The van der Waals surface area contributed by atoms with Crippen molar-refractivity contribution in [3.8, 4) is 0 Å². The third-order valence-corrected chi connectivity index (χ3v) is 5.93. The third-order valence-electron chi connectivity index (χ3n) is 4.51. The van der Waals surface area contributed by atoms with Gasteiger partial charge in [0.25, 0.3) is 15.9 Å². The Hall–Kier alpha value is -2.93. The van der Waals surface area contributed by atoms with E-state index in [0.717, 1.165) is 10.9 Å². The van der Waals surface area contributed by atoms with E-state index in [2.05, 4.69) is 9.71 Å². The van der Waals surface area contributed by atoms with Crippen LogP contribution in [0.2, 0.25) is 0 Å². The van der Waals surface area contributed by atoms with Gasteiger partial charge >= 0.3 is 0 Å². The average Bonchev–Trinajstić information content (AvgIpc) is 2.68. The molecule has 7 heteroatoms. The largest absolute Gasteiger partial charge is 0.339 e. The van der Waals surface area contributed by atoms with Crippen molar-refractivity contribution < 1.29 is 13.2 Å². The first-order chi connectivity index (χ1) is 13.4. The fraction of sp³-hybridized carbons (Fsp3) is 0.238. The Balaban J connectivity index is 1.96. The summed E-state index contributed by atoms with van der Waals surface area (Å²) in [7, 11) is -3.86. The van der Waals surface area contributed by atoms with E-state index in [0.29, 0.717) is 29.9 Å². The van der Waals surface area contributed by atoms with Crippen molar-refractivity contribution in [1.82, 2.24) is 9.88 Å². The van der Waals surface area contributed by atoms with Crippen LogP contribution in [0.3, 0.4) is 0 Å². The van der Waals surface area contributed by atoms with Gasteiger partial charge in [0.2, 0.25) is 0 Å². The van der Waals surface area contributed by atoms with Gasteiger partial charge in [0.15, 0.2) is 0 Å². The molecule has 0 radical (unpaired) electrons. The van der Waals surface area contributed by atoms with Crippen LogP contribution < -0.4 is 4.72 Å². The second-order valence-electron chi connectivity index (χ2n) is 6.50. The average molecular weight is 398 g/mol. The molecule has 146 valence electrons. The number of sulfonamides is 1. The molecule has 0 saturated carbocycles. The molecule has 1 amide bonds. The third kappa shape index (κ3) is 3.99. The molecule has 2 aromatic carbocycles. The summed E-state index contributed by atoms with van der Waals surface area (Å²) >= 11 is 0. The number of pyridine rings is 1. The minimum absolute atomic E-state index is 0.102. The van der Waals surface area contributed by atoms with Crippen LogP contribution in [0, 0.1) is 6.92 Å². The van der Waals surface area contributed by atoms with E-state index in [9.17, 15) is 13.2 Å². The molecule has 0 unspecified atom stereocenters. The SMILES string of the molecule is CCN(CC)C(=O)c1cccc(NS(=O)(=O)c2cccc3cc(C)cnc23)c1. The van der Waals surface area contributed by atoms with Crippen LogP contribution in [0.1, 0.15) is 29.8 Å². The van der Waals surface area contributed by atoms with Gasteiger partial charge in [0, 0.05) is 35.9 Å². The number of carbonyl (C=O) groups excluding carboxylic acids is 1. The van der Waals surface area contributed by atoms with Crippen molar-refractivity contribution >= 4 is 32.5 Å². The molecule has 3 rings (SSSR count). The molecule has 6 nitrogen and oxygen atoms in total. The molecule has 0 aliphatic heterocycles. The molecule has 0 spiro atoms. The highest BCUT2D eigenvalue weighted by molar-refractivity contribution is 7.93. The summed E-state index contributed by atoms with van der Waals surface area (Å²) in [6.07, 6.45) is 1.64. The van der Waals surface area contributed by atoms with Gasteiger partial charge in [0.1, 0.15) is 4.90 Å². The zero-order chi connectivity index (χ0) is 20.3. The topological polar surface area (TPSA) is 79.4 Å². The summed E-state index contributed by atoms with van der Waals surface area (Å²) in [5.41, 5.74) is 2.14. The number of benzene rings is 2. The summed E-state index contributed by atoms with van der Waals surface area (Å²) in [5, 5.41) is 0.758. The number of amides is 1. The number of hydrogen-bond donors (Lipinski definition) is 1. The molecule has 0 bridgehead atoms. The Labute approximate surface area is 165 Å². The number of aryl methyl sites for hydroxylation is 1. The number of hydrogen-bond acceptors (Lipinski definition) is 4. The minimum Gasteiger partial charge on any atom is -0.339 e. The summed E-state index contributed by atoms with van der Waals surface area (Å²) < 4.78 is 28.5. The molecule has 0 aliphatic rings. The molecular formula is C21H23N3O3S. The number of fused-ring (bicyclic) bond motifs is 1. The normalized spacial score (nSPS) is 11.4. The van der Waals surface area contributed by atoms with Gasteiger partial charge in [0.05, 0.1) is 5.52 Å². The van der Waals surface area contributed by atoms with Gasteiger partial charge in [-0.1, -0.05) is 18.2 Å². The number of carbonyl (C=O) groups is 1. The molecule has 3 aromatic rings. The predicted octanol–water partition coefficient (Wildman–Crippen LogP) is 3.83. The highest BCUT2D eigenvalue weighted by atomic mass is 32.2. The molecule has 28 heavy (non-hydrogen) atoms. The quantitative estimate of drug-likeness (QED) is 0.686. The van der Waals surface area contributed by atoms with Crippen LogP contribution in [-0.4, -0.2) is 37.3 Å². The first kappa shape index (κ1) is 19.8. The Morgan fingerprint density at radius 3 is 2.50 bits per heavy atom.